The summed E-state index contributed by atoms with van der Waals surface area (Å²) in [4.78, 5) is 17.4. The van der Waals surface area contributed by atoms with Gasteiger partial charge in [0.2, 0.25) is 0 Å². The highest BCUT2D eigenvalue weighted by molar-refractivity contribution is 5.89. The second-order valence-corrected chi connectivity index (χ2v) is 4.71. The molecule has 1 aliphatic rings. The molecule has 2 aromatic rings. The van der Waals surface area contributed by atoms with E-state index in [-0.39, 0.29) is 0 Å². The third kappa shape index (κ3) is 2.05. The number of aryl methyl sites for hydroxylation is 1. The molecule has 96 valence electrons. The zero-order chi connectivity index (χ0) is 13.4. The zero-order valence-electron chi connectivity index (χ0n) is 10.6. The second-order valence-electron chi connectivity index (χ2n) is 4.71. The van der Waals surface area contributed by atoms with Crippen LogP contribution in [0.5, 0.6) is 0 Å². The van der Waals surface area contributed by atoms with Gasteiger partial charge in [0.25, 0.3) is 0 Å². The molecule has 0 amide bonds. The Labute approximate surface area is 111 Å². The molecule has 0 spiro atoms. The molecule has 3 rings (SSSR count). The van der Waals surface area contributed by atoms with Crippen LogP contribution in [0, 0.1) is 6.92 Å². The first-order chi connectivity index (χ1) is 9.15. The quantitative estimate of drug-likeness (QED) is 0.895. The van der Waals surface area contributed by atoms with Crippen LogP contribution in [0.25, 0.3) is 0 Å². The number of hydrogen-bond acceptors (Lipinski definition) is 3. The molecule has 4 nitrogen and oxygen atoms in total. The fourth-order valence-corrected chi connectivity index (χ4v) is 2.42. The molecule has 1 N–H and O–H groups in total. The van der Waals surface area contributed by atoms with Crippen molar-refractivity contribution in [3.8, 4) is 0 Å². The molecular weight excluding hydrogens is 240 g/mol. The van der Waals surface area contributed by atoms with Gasteiger partial charge < -0.3 is 10.0 Å². The topological polar surface area (TPSA) is 53.4 Å². The number of aromatic carboxylic acids is 1. The van der Waals surface area contributed by atoms with Crippen molar-refractivity contribution < 1.29 is 9.90 Å². The summed E-state index contributed by atoms with van der Waals surface area (Å²) >= 11 is 0. The van der Waals surface area contributed by atoms with Gasteiger partial charge in [-0.1, -0.05) is 0 Å². The molecule has 0 atom stereocenters. The van der Waals surface area contributed by atoms with Gasteiger partial charge in [-0.2, -0.15) is 0 Å². The van der Waals surface area contributed by atoms with E-state index in [1.807, 2.05) is 31.3 Å². The lowest BCUT2D eigenvalue weighted by atomic mass is 10.1. The van der Waals surface area contributed by atoms with Crippen LogP contribution in [-0.2, 0) is 6.42 Å². The molecule has 1 aromatic carbocycles. The molecule has 0 bridgehead atoms. The average molecular weight is 254 g/mol. The lowest BCUT2D eigenvalue weighted by Gasteiger charge is -2.19. The Balaban J connectivity index is 1.98. The molecule has 0 radical (unpaired) electrons. The summed E-state index contributed by atoms with van der Waals surface area (Å²) in [7, 11) is 0. The van der Waals surface area contributed by atoms with E-state index in [1.54, 1.807) is 12.1 Å². The first-order valence-corrected chi connectivity index (χ1v) is 6.21. The van der Waals surface area contributed by atoms with E-state index < -0.39 is 5.97 Å². The summed E-state index contributed by atoms with van der Waals surface area (Å²) in [6, 6.07) is 9.33. The molecular formula is C15H14N2O2. The smallest absolute Gasteiger partial charge is 0.335 e. The summed E-state index contributed by atoms with van der Waals surface area (Å²) < 4.78 is 0. The lowest BCUT2D eigenvalue weighted by molar-refractivity contribution is 0.0697. The Kier molecular flexibility index (Phi) is 2.71. The minimum absolute atomic E-state index is 0.350. The van der Waals surface area contributed by atoms with E-state index in [9.17, 15) is 4.79 Å². The number of hydrogen-bond donors (Lipinski definition) is 1. The third-order valence-electron chi connectivity index (χ3n) is 3.43. The number of nitrogens with zero attached hydrogens (tertiary/aromatic N) is 2. The Morgan fingerprint density at radius 3 is 2.84 bits per heavy atom. The number of rotatable bonds is 2. The highest BCUT2D eigenvalue weighted by Gasteiger charge is 2.21. The van der Waals surface area contributed by atoms with Gasteiger partial charge in [0.15, 0.2) is 0 Å². The summed E-state index contributed by atoms with van der Waals surface area (Å²) in [5.74, 6) is -0.877. The van der Waals surface area contributed by atoms with Crippen LogP contribution >= 0.6 is 0 Å². The highest BCUT2D eigenvalue weighted by Crippen LogP contribution is 2.34. The summed E-state index contributed by atoms with van der Waals surface area (Å²) in [6.07, 6.45) is 2.72. The molecule has 0 unspecified atom stereocenters. The largest absolute Gasteiger partial charge is 0.478 e. The third-order valence-corrected chi connectivity index (χ3v) is 3.43. The lowest BCUT2D eigenvalue weighted by Crippen LogP contribution is -2.13. The van der Waals surface area contributed by atoms with Gasteiger partial charge >= 0.3 is 5.97 Å². The van der Waals surface area contributed by atoms with Crippen LogP contribution < -0.4 is 4.90 Å². The first kappa shape index (κ1) is 11.7. The second kappa shape index (κ2) is 4.39. The summed E-state index contributed by atoms with van der Waals surface area (Å²) in [5, 5.41) is 9.01. The van der Waals surface area contributed by atoms with Crippen LogP contribution in [0.15, 0.2) is 36.5 Å². The van der Waals surface area contributed by atoms with Crippen molar-refractivity contribution in [3.05, 3.63) is 53.3 Å². The Bertz CT molecular complexity index is 635. The van der Waals surface area contributed by atoms with Gasteiger partial charge in [-0.25, -0.2) is 4.79 Å². The summed E-state index contributed by atoms with van der Waals surface area (Å²) in [6.45, 7) is 2.82. The number of carboxylic acid groups (broad SMARTS) is 1. The maximum absolute atomic E-state index is 11.0. The van der Waals surface area contributed by atoms with Gasteiger partial charge in [0.1, 0.15) is 0 Å². The van der Waals surface area contributed by atoms with Crippen LogP contribution in [0.2, 0.25) is 0 Å². The molecule has 0 saturated carbocycles. The van der Waals surface area contributed by atoms with E-state index in [4.69, 9.17) is 5.11 Å². The van der Waals surface area contributed by atoms with E-state index >= 15 is 0 Å². The molecule has 2 heterocycles. The van der Waals surface area contributed by atoms with E-state index in [2.05, 4.69) is 9.88 Å². The molecule has 0 fully saturated rings. The molecule has 19 heavy (non-hydrogen) atoms. The Morgan fingerprint density at radius 2 is 2.16 bits per heavy atom. The zero-order valence-corrected chi connectivity index (χ0v) is 10.6. The van der Waals surface area contributed by atoms with Gasteiger partial charge in [-0.3, -0.25) is 4.98 Å². The maximum atomic E-state index is 11.0. The van der Waals surface area contributed by atoms with Gasteiger partial charge in [0, 0.05) is 17.9 Å². The van der Waals surface area contributed by atoms with Gasteiger partial charge in [-0.15, -0.1) is 0 Å². The summed E-state index contributed by atoms with van der Waals surface area (Å²) in [5.41, 5.74) is 4.55. The van der Waals surface area contributed by atoms with E-state index in [1.165, 1.54) is 0 Å². The normalized spacial score (nSPS) is 13.4. The number of benzene rings is 1. The maximum Gasteiger partial charge on any atom is 0.335 e. The van der Waals surface area contributed by atoms with Crippen LogP contribution in [-0.4, -0.2) is 22.6 Å². The number of carbonyl (C=O) groups is 1. The average Bonchev–Trinajstić information content (AvgIpc) is 2.82. The van der Waals surface area contributed by atoms with Crippen molar-refractivity contribution in [1.82, 2.24) is 4.98 Å². The molecule has 1 aromatic heterocycles. The van der Waals surface area contributed by atoms with Crippen molar-refractivity contribution in [2.24, 2.45) is 0 Å². The predicted octanol–water partition coefficient (Wildman–Crippen LogP) is 2.78. The fraction of sp³-hybridized carbons (Fsp3) is 0.200. The van der Waals surface area contributed by atoms with Crippen molar-refractivity contribution >= 4 is 17.3 Å². The highest BCUT2D eigenvalue weighted by atomic mass is 16.4. The van der Waals surface area contributed by atoms with Crippen LogP contribution in [0.1, 0.15) is 21.6 Å². The van der Waals surface area contributed by atoms with Gasteiger partial charge in [-0.05, 0) is 49.2 Å². The van der Waals surface area contributed by atoms with E-state index in [0.717, 1.165) is 35.6 Å². The van der Waals surface area contributed by atoms with E-state index in [0.29, 0.717) is 5.56 Å². The minimum atomic E-state index is -0.877. The number of anilines is 2. The first-order valence-electron chi connectivity index (χ1n) is 6.21. The fourth-order valence-electron chi connectivity index (χ4n) is 2.42. The number of aromatic nitrogens is 1. The molecule has 1 aliphatic heterocycles. The van der Waals surface area contributed by atoms with Gasteiger partial charge in [0.05, 0.1) is 17.4 Å². The Morgan fingerprint density at radius 1 is 1.32 bits per heavy atom. The van der Waals surface area contributed by atoms with Crippen LogP contribution in [0.4, 0.5) is 11.4 Å². The number of pyridine rings is 1. The van der Waals surface area contributed by atoms with Crippen LogP contribution in [0.3, 0.4) is 0 Å². The monoisotopic (exact) mass is 254 g/mol. The molecule has 0 aliphatic carbocycles. The standard InChI is InChI=1S/C15H14N2O2/c1-10-2-4-13(9-16-10)17-7-6-11-8-12(15(18)19)3-5-14(11)17/h2-5,8-9H,6-7H2,1H3,(H,18,19). The van der Waals surface area contributed by atoms with Crippen molar-refractivity contribution in [1.29, 1.82) is 0 Å². The Hall–Kier alpha value is -2.36. The van der Waals surface area contributed by atoms with Crippen molar-refractivity contribution in [2.45, 2.75) is 13.3 Å². The minimum Gasteiger partial charge on any atom is -0.478 e. The predicted molar refractivity (Wildman–Crippen MR) is 73.1 cm³/mol. The number of fused-ring (bicyclic) bond motifs is 1. The van der Waals surface area contributed by atoms with Crippen molar-refractivity contribution in [3.63, 3.8) is 0 Å². The number of carboxylic acids is 1. The molecule has 4 heteroatoms. The van der Waals surface area contributed by atoms with Crippen molar-refractivity contribution in [2.75, 3.05) is 11.4 Å². The molecule has 0 saturated heterocycles. The SMILES string of the molecule is Cc1ccc(N2CCc3cc(C(=O)O)ccc32)cn1.